The summed E-state index contributed by atoms with van der Waals surface area (Å²) in [6.45, 7) is 1.11. The molecule has 0 saturated heterocycles. The van der Waals surface area contributed by atoms with Crippen LogP contribution in [0.2, 0.25) is 0 Å². The van der Waals surface area contributed by atoms with E-state index in [0.29, 0.717) is 5.92 Å². The lowest BCUT2D eigenvalue weighted by molar-refractivity contribution is -0.697. The van der Waals surface area contributed by atoms with Gasteiger partial charge in [0.05, 0.1) is 0 Å². The standard InChI is InChI=1S/C26H28N2S2/c1-27-14-7-20(8-15-27)21-9-16-28(17-10-21)13-5-3-2-4-6-22-23-11-18-29-25(23)26-24(22)12-19-30-26/h7-12,14-19,22H,2-6,13H2,1H3/q+2. The lowest BCUT2D eigenvalue weighted by Gasteiger charge is -2.11. The Morgan fingerprint density at radius 2 is 1.27 bits per heavy atom. The Kier molecular flexibility index (Phi) is 5.78. The monoisotopic (exact) mass is 432 g/mol. The summed E-state index contributed by atoms with van der Waals surface area (Å²) in [4.78, 5) is 3.07. The lowest BCUT2D eigenvalue weighted by atomic mass is 9.93. The second-order valence-corrected chi connectivity index (χ2v) is 10.1. The molecule has 0 N–H and O–H groups in total. The van der Waals surface area contributed by atoms with Gasteiger partial charge in [0.15, 0.2) is 24.8 Å². The van der Waals surface area contributed by atoms with Crippen molar-refractivity contribution in [2.24, 2.45) is 7.05 Å². The van der Waals surface area contributed by atoms with Crippen LogP contribution in [-0.2, 0) is 13.6 Å². The third-order valence-electron chi connectivity index (χ3n) is 6.21. The van der Waals surface area contributed by atoms with E-state index in [1.54, 1.807) is 11.1 Å². The Labute approximate surface area is 187 Å². The van der Waals surface area contributed by atoms with Crippen molar-refractivity contribution in [1.29, 1.82) is 0 Å². The molecule has 152 valence electrons. The van der Waals surface area contributed by atoms with Crippen molar-refractivity contribution in [2.75, 3.05) is 0 Å². The van der Waals surface area contributed by atoms with Crippen LogP contribution < -0.4 is 9.13 Å². The predicted octanol–water partition coefficient (Wildman–Crippen LogP) is 6.35. The van der Waals surface area contributed by atoms with E-state index in [-0.39, 0.29) is 0 Å². The van der Waals surface area contributed by atoms with Crippen LogP contribution >= 0.6 is 22.7 Å². The molecule has 4 aromatic heterocycles. The number of hydrogen-bond acceptors (Lipinski definition) is 2. The second-order valence-electron chi connectivity index (χ2n) is 8.24. The zero-order valence-corrected chi connectivity index (χ0v) is 19.1. The first-order valence-electron chi connectivity index (χ1n) is 10.9. The second kappa shape index (κ2) is 8.83. The van der Waals surface area contributed by atoms with Gasteiger partial charge in [0, 0.05) is 46.4 Å². The van der Waals surface area contributed by atoms with Crippen molar-refractivity contribution < 1.29 is 9.13 Å². The van der Waals surface area contributed by atoms with Crippen LogP contribution in [0.1, 0.15) is 49.1 Å². The van der Waals surface area contributed by atoms with Gasteiger partial charge in [-0.05, 0) is 58.0 Å². The van der Waals surface area contributed by atoms with Crippen molar-refractivity contribution in [3.8, 4) is 20.9 Å². The van der Waals surface area contributed by atoms with E-state index < -0.39 is 0 Å². The molecule has 0 aliphatic heterocycles. The molecular formula is C26H28N2S2+2. The van der Waals surface area contributed by atoms with Crippen LogP contribution in [0, 0.1) is 0 Å². The molecule has 1 aliphatic carbocycles. The molecule has 4 heterocycles. The van der Waals surface area contributed by atoms with Gasteiger partial charge in [-0.25, -0.2) is 9.13 Å². The van der Waals surface area contributed by atoms with Crippen LogP contribution in [0.25, 0.3) is 20.9 Å². The van der Waals surface area contributed by atoms with Crippen LogP contribution in [0.3, 0.4) is 0 Å². The van der Waals surface area contributed by atoms with Gasteiger partial charge in [0.1, 0.15) is 13.6 Å². The maximum Gasteiger partial charge on any atom is 0.169 e. The number of pyridine rings is 2. The number of unbranched alkanes of at least 4 members (excludes halogenated alkanes) is 3. The molecule has 0 fully saturated rings. The molecule has 5 rings (SSSR count). The molecule has 0 spiro atoms. The van der Waals surface area contributed by atoms with Gasteiger partial charge in [0.25, 0.3) is 0 Å². The van der Waals surface area contributed by atoms with Crippen molar-refractivity contribution in [1.82, 2.24) is 0 Å². The first kappa shape index (κ1) is 19.7. The normalized spacial score (nSPS) is 12.8. The van der Waals surface area contributed by atoms with Gasteiger partial charge in [-0.3, -0.25) is 0 Å². The SMILES string of the molecule is C[n+]1ccc(-c2cc[n+](CCCCCCC3c4ccsc4-c4sccc43)cc2)cc1. The fourth-order valence-corrected chi connectivity index (χ4v) is 6.66. The van der Waals surface area contributed by atoms with Gasteiger partial charge < -0.3 is 0 Å². The average molecular weight is 433 g/mol. The minimum absolute atomic E-state index is 0.648. The number of aromatic nitrogens is 2. The fourth-order valence-electron chi connectivity index (χ4n) is 4.52. The number of fused-ring (bicyclic) bond motifs is 3. The summed E-state index contributed by atoms with van der Waals surface area (Å²) in [5.41, 5.74) is 5.73. The van der Waals surface area contributed by atoms with E-state index in [0.717, 1.165) is 6.54 Å². The highest BCUT2D eigenvalue weighted by Crippen LogP contribution is 2.52. The van der Waals surface area contributed by atoms with Crippen molar-refractivity contribution in [2.45, 2.75) is 44.6 Å². The highest BCUT2D eigenvalue weighted by molar-refractivity contribution is 7.20. The molecule has 30 heavy (non-hydrogen) atoms. The molecule has 0 bridgehead atoms. The first-order valence-corrected chi connectivity index (χ1v) is 12.7. The molecule has 0 atom stereocenters. The van der Waals surface area contributed by atoms with Crippen LogP contribution in [0.4, 0.5) is 0 Å². The van der Waals surface area contributed by atoms with Gasteiger partial charge in [-0.2, -0.15) is 0 Å². The maximum atomic E-state index is 2.35. The van der Waals surface area contributed by atoms with Crippen LogP contribution in [-0.4, -0.2) is 0 Å². The molecule has 0 unspecified atom stereocenters. The zero-order chi connectivity index (χ0) is 20.3. The molecule has 0 aromatic carbocycles. The molecule has 1 aliphatic rings. The van der Waals surface area contributed by atoms with E-state index in [1.165, 1.54) is 53.0 Å². The highest BCUT2D eigenvalue weighted by Gasteiger charge is 2.30. The van der Waals surface area contributed by atoms with Gasteiger partial charge in [-0.15, -0.1) is 22.7 Å². The van der Waals surface area contributed by atoms with Crippen LogP contribution in [0.5, 0.6) is 0 Å². The number of nitrogens with zero attached hydrogens (tertiary/aromatic N) is 2. The molecule has 0 saturated carbocycles. The van der Waals surface area contributed by atoms with Gasteiger partial charge >= 0.3 is 0 Å². The van der Waals surface area contributed by atoms with Gasteiger partial charge in [0.2, 0.25) is 0 Å². The summed E-state index contributed by atoms with van der Waals surface area (Å²) in [6, 6.07) is 13.5. The third-order valence-corrected chi connectivity index (χ3v) is 8.24. The summed E-state index contributed by atoms with van der Waals surface area (Å²) in [5.74, 6) is 0.648. The largest absolute Gasteiger partial charge is 0.208 e. The number of aryl methyl sites for hydroxylation is 2. The number of rotatable bonds is 8. The first-order chi connectivity index (χ1) is 14.8. The van der Waals surface area contributed by atoms with Crippen molar-refractivity contribution >= 4 is 22.7 Å². The van der Waals surface area contributed by atoms with E-state index >= 15 is 0 Å². The lowest BCUT2D eigenvalue weighted by Crippen LogP contribution is -2.32. The molecule has 2 nitrogen and oxygen atoms in total. The Morgan fingerprint density at radius 3 is 1.90 bits per heavy atom. The third kappa shape index (κ3) is 3.99. The maximum absolute atomic E-state index is 2.35. The summed E-state index contributed by atoms with van der Waals surface area (Å²) >= 11 is 3.83. The Hall–Kier alpha value is -2.30. The Balaban J connectivity index is 1.07. The molecule has 0 radical (unpaired) electrons. The van der Waals surface area contributed by atoms with Crippen molar-refractivity contribution in [3.05, 3.63) is 83.1 Å². The Morgan fingerprint density at radius 1 is 0.700 bits per heavy atom. The average Bonchev–Trinajstić information content (AvgIpc) is 3.48. The van der Waals surface area contributed by atoms with E-state index in [9.17, 15) is 0 Å². The summed E-state index contributed by atoms with van der Waals surface area (Å²) < 4.78 is 4.39. The molecular weight excluding hydrogens is 404 g/mol. The summed E-state index contributed by atoms with van der Waals surface area (Å²) in [5, 5.41) is 4.53. The minimum Gasteiger partial charge on any atom is -0.208 e. The summed E-state index contributed by atoms with van der Waals surface area (Å²) in [7, 11) is 2.05. The molecule has 0 amide bonds. The van der Waals surface area contributed by atoms with E-state index in [4.69, 9.17) is 0 Å². The predicted molar refractivity (Wildman–Crippen MR) is 126 cm³/mol. The number of thiophene rings is 2. The topological polar surface area (TPSA) is 7.76 Å². The van der Waals surface area contributed by atoms with E-state index in [2.05, 4.69) is 88.1 Å². The quantitative estimate of drug-likeness (QED) is 0.226. The smallest absolute Gasteiger partial charge is 0.169 e. The zero-order valence-electron chi connectivity index (χ0n) is 17.5. The van der Waals surface area contributed by atoms with Gasteiger partial charge in [-0.1, -0.05) is 12.8 Å². The van der Waals surface area contributed by atoms with Crippen molar-refractivity contribution in [3.63, 3.8) is 0 Å². The molecule has 4 heteroatoms. The fraction of sp³-hybridized carbons (Fsp3) is 0.308. The Bertz CT molecular complexity index is 1070. The number of hydrogen-bond donors (Lipinski definition) is 0. The highest BCUT2D eigenvalue weighted by atomic mass is 32.1. The van der Waals surface area contributed by atoms with Crippen LogP contribution in [0.15, 0.2) is 71.9 Å². The summed E-state index contributed by atoms with van der Waals surface area (Å²) in [6.07, 6.45) is 15.1. The minimum atomic E-state index is 0.648. The molecule has 4 aromatic rings. The van der Waals surface area contributed by atoms with E-state index in [1.807, 2.05) is 22.7 Å².